The van der Waals surface area contributed by atoms with Gasteiger partial charge in [-0.05, 0) is 37.0 Å². The van der Waals surface area contributed by atoms with Crippen LogP contribution in [0, 0.1) is 0 Å². The van der Waals surface area contributed by atoms with Crippen LogP contribution >= 0.6 is 0 Å². The summed E-state index contributed by atoms with van der Waals surface area (Å²) in [6.07, 6.45) is 3.51. The average molecular weight is 301 g/mol. The number of fused-ring (bicyclic) bond motifs is 1. The third kappa shape index (κ3) is 2.43. The number of hydrogen-bond donors (Lipinski definition) is 0. The molecule has 118 valence electrons. The van der Waals surface area contributed by atoms with Gasteiger partial charge in [0.05, 0.1) is 18.9 Å². The molecule has 0 N–H and O–H groups in total. The molecule has 5 nitrogen and oxygen atoms in total. The molecule has 0 unspecified atom stereocenters. The highest BCUT2D eigenvalue weighted by molar-refractivity contribution is 5.95. The number of hydrogen-bond acceptors (Lipinski definition) is 3. The zero-order chi connectivity index (χ0) is 14.9. The predicted molar refractivity (Wildman–Crippen MR) is 86.7 cm³/mol. The summed E-state index contributed by atoms with van der Waals surface area (Å²) in [7, 11) is 0. The van der Waals surface area contributed by atoms with Crippen molar-refractivity contribution in [3.8, 4) is 0 Å². The summed E-state index contributed by atoms with van der Waals surface area (Å²) < 4.78 is 5.35. The van der Waals surface area contributed by atoms with Gasteiger partial charge < -0.3 is 14.5 Å². The molecule has 0 spiro atoms. The van der Waals surface area contributed by atoms with Crippen LogP contribution in [-0.2, 0) is 11.2 Å². The van der Waals surface area contributed by atoms with E-state index < -0.39 is 0 Å². The Balaban J connectivity index is 1.57. The second-order valence-electron chi connectivity index (χ2n) is 6.29. The van der Waals surface area contributed by atoms with Crippen LogP contribution < -0.4 is 9.80 Å². The number of benzene rings is 1. The molecular weight excluding hydrogens is 278 g/mol. The van der Waals surface area contributed by atoms with Crippen molar-refractivity contribution in [2.24, 2.45) is 0 Å². The number of carbonyl (C=O) groups is 1. The van der Waals surface area contributed by atoms with Crippen LogP contribution in [0.25, 0.3) is 0 Å². The summed E-state index contributed by atoms with van der Waals surface area (Å²) in [5, 5.41) is 0. The Morgan fingerprint density at radius 1 is 1.00 bits per heavy atom. The summed E-state index contributed by atoms with van der Waals surface area (Å²) in [4.78, 5) is 19.1. The quantitative estimate of drug-likeness (QED) is 0.797. The molecule has 0 aromatic heterocycles. The van der Waals surface area contributed by atoms with Crippen LogP contribution in [0.15, 0.2) is 18.2 Å². The Hall–Kier alpha value is -1.75. The minimum Gasteiger partial charge on any atom is -0.378 e. The molecular formula is C17H23N3O2. The molecule has 1 aromatic carbocycles. The van der Waals surface area contributed by atoms with E-state index in [2.05, 4.69) is 23.1 Å². The standard InChI is InChI=1S/C17H23N3O2/c21-17(19-9-11-22-12-10-19)20-8-5-14-3-4-15(13-16(14)20)18-6-1-2-7-18/h3-4,13H,1-2,5-12H2. The van der Waals surface area contributed by atoms with Crippen molar-refractivity contribution in [3.63, 3.8) is 0 Å². The van der Waals surface area contributed by atoms with Crippen molar-refractivity contribution in [1.82, 2.24) is 4.90 Å². The van der Waals surface area contributed by atoms with E-state index in [9.17, 15) is 4.79 Å². The van der Waals surface area contributed by atoms with Gasteiger partial charge in [0.15, 0.2) is 0 Å². The molecule has 3 aliphatic heterocycles. The Kier molecular flexibility index (Phi) is 3.66. The molecule has 0 atom stereocenters. The molecule has 0 aliphatic carbocycles. The summed E-state index contributed by atoms with van der Waals surface area (Å²) in [6.45, 7) is 5.79. The topological polar surface area (TPSA) is 36.0 Å². The maximum absolute atomic E-state index is 12.8. The van der Waals surface area contributed by atoms with E-state index in [1.54, 1.807) is 0 Å². The first kappa shape index (κ1) is 13.9. The number of urea groups is 1. The highest BCUT2D eigenvalue weighted by atomic mass is 16.5. The third-order valence-corrected chi connectivity index (χ3v) is 4.95. The normalized spacial score (nSPS) is 21.4. The fourth-order valence-electron chi connectivity index (χ4n) is 3.66. The second-order valence-corrected chi connectivity index (χ2v) is 6.29. The van der Waals surface area contributed by atoms with Crippen LogP contribution in [0.2, 0.25) is 0 Å². The molecule has 0 saturated carbocycles. The van der Waals surface area contributed by atoms with E-state index >= 15 is 0 Å². The van der Waals surface area contributed by atoms with E-state index in [4.69, 9.17) is 4.74 Å². The maximum atomic E-state index is 12.8. The fraction of sp³-hybridized carbons (Fsp3) is 0.588. The number of carbonyl (C=O) groups excluding carboxylic acids is 1. The Morgan fingerprint density at radius 3 is 2.55 bits per heavy atom. The summed E-state index contributed by atoms with van der Waals surface area (Å²) in [5.74, 6) is 0. The lowest BCUT2D eigenvalue weighted by Crippen LogP contribution is -2.47. The third-order valence-electron chi connectivity index (χ3n) is 4.95. The summed E-state index contributed by atoms with van der Waals surface area (Å²) in [5.41, 5.74) is 3.67. The molecule has 3 aliphatic rings. The predicted octanol–water partition coefficient (Wildman–Crippen LogP) is 2.10. The largest absolute Gasteiger partial charge is 0.378 e. The molecule has 2 amide bonds. The minimum absolute atomic E-state index is 0.139. The lowest BCUT2D eigenvalue weighted by atomic mass is 10.1. The lowest BCUT2D eigenvalue weighted by molar-refractivity contribution is 0.0550. The van der Waals surface area contributed by atoms with Crippen LogP contribution in [-0.4, -0.2) is 56.9 Å². The maximum Gasteiger partial charge on any atom is 0.324 e. The van der Waals surface area contributed by atoms with Gasteiger partial charge in [-0.15, -0.1) is 0 Å². The fourth-order valence-corrected chi connectivity index (χ4v) is 3.66. The highest BCUT2D eigenvalue weighted by Gasteiger charge is 2.30. The van der Waals surface area contributed by atoms with Crippen LogP contribution in [0.4, 0.5) is 16.2 Å². The van der Waals surface area contributed by atoms with Crippen molar-refractivity contribution in [2.75, 3.05) is 55.7 Å². The monoisotopic (exact) mass is 301 g/mol. The molecule has 0 radical (unpaired) electrons. The van der Waals surface area contributed by atoms with Crippen LogP contribution in [0.3, 0.4) is 0 Å². The van der Waals surface area contributed by atoms with Gasteiger partial charge in [0.1, 0.15) is 0 Å². The summed E-state index contributed by atoms with van der Waals surface area (Å²) >= 11 is 0. The highest BCUT2D eigenvalue weighted by Crippen LogP contribution is 2.34. The van der Waals surface area contributed by atoms with E-state index in [0.717, 1.165) is 31.7 Å². The van der Waals surface area contributed by atoms with Gasteiger partial charge in [-0.1, -0.05) is 6.07 Å². The lowest BCUT2D eigenvalue weighted by Gasteiger charge is -2.31. The molecule has 3 heterocycles. The number of ether oxygens (including phenoxy) is 1. The van der Waals surface area contributed by atoms with Gasteiger partial charge in [0, 0.05) is 38.4 Å². The molecule has 2 fully saturated rings. The van der Waals surface area contributed by atoms with Gasteiger partial charge >= 0.3 is 6.03 Å². The van der Waals surface area contributed by atoms with Gasteiger partial charge in [0.25, 0.3) is 0 Å². The zero-order valence-corrected chi connectivity index (χ0v) is 13.0. The first-order valence-electron chi connectivity index (χ1n) is 8.35. The van der Waals surface area contributed by atoms with Crippen LogP contribution in [0.5, 0.6) is 0 Å². The number of morpholine rings is 1. The second kappa shape index (κ2) is 5.80. The molecule has 4 rings (SSSR count). The first-order valence-corrected chi connectivity index (χ1v) is 8.35. The summed E-state index contributed by atoms with van der Waals surface area (Å²) in [6, 6.07) is 6.77. The average Bonchev–Trinajstić information content (AvgIpc) is 3.24. The number of nitrogens with zero attached hydrogens (tertiary/aromatic N) is 3. The number of amides is 2. The molecule has 0 bridgehead atoms. The van der Waals surface area contributed by atoms with Crippen molar-refractivity contribution >= 4 is 17.4 Å². The molecule has 22 heavy (non-hydrogen) atoms. The molecule has 5 heteroatoms. The van der Waals surface area contributed by atoms with Crippen molar-refractivity contribution in [2.45, 2.75) is 19.3 Å². The number of anilines is 2. The SMILES string of the molecule is O=C(N1CCOCC1)N1CCc2ccc(N3CCCC3)cc21. The van der Waals surface area contributed by atoms with E-state index in [0.29, 0.717) is 26.3 Å². The van der Waals surface area contributed by atoms with Gasteiger partial charge in [0.2, 0.25) is 0 Å². The molecule has 1 aromatic rings. The van der Waals surface area contributed by atoms with E-state index in [1.807, 2.05) is 9.80 Å². The smallest absolute Gasteiger partial charge is 0.324 e. The van der Waals surface area contributed by atoms with Gasteiger partial charge in [-0.2, -0.15) is 0 Å². The zero-order valence-electron chi connectivity index (χ0n) is 13.0. The van der Waals surface area contributed by atoms with Crippen molar-refractivity contribution < 1.29 is 9.53 Å². The van der Waals surface area contributed by atoms with Gasteiger partial charge in [-0.25, -0.2) is 4.79 Å². The Labute approximate surface area is 131 Å². The van der Waals surface area contributed by atoms with Gasteiger partial charge in [-0.3, -0.25) is 4.90 Å². The first-order chi connectivity index (χ1) is 10.8. The van der Waals surface area contributed by atoms with Crippen molar-refractivity contribution in [3.05, 3.63) is 23.8 Å². The minimum atomic E-state index is 0.139. The number of rotatable bonds is 1. The van der Waals surface area contributed by atoms with Crippen LogP contribution in [0.1, 0.15) is 18.4 Å². The van der Waals surface area contributed by atoms with E-state index in [-0.39, 0.29) is 6.03 Å². The Bertz CT molecular complexity index is 563. The van der Waals surface area contributed by atoms with E-state index in [1.165, 1.54) is 24.1 Å². The Morgan fingerprint density at radius 2 is 1.77 bits per heavy atom. The molecule has 2 saturated heterocycles. The van der Waals surface area contributed by atoms with Crippen molar-refractivity contribution in [1.29, 1.82) is 0 Å².